The van der Waals surface area contributed by atoms with Crippen LogP contribution in [0.1, 0.15) is 24.6 Å². The van der Waals surface area contributed by atoms with Crippen LogP contribution in [0.3, 0.4) is 0 Å². The summed E-state index contributed by atoms with van der Waals surface area (Å²) in [5, 5.41) is 4.78. The number of fused-ring (bicyclic) bond motifs is 4. The summed E-state index contributed by atoms with van der Waals surface area (Å²) in [5.41, 5.74) is 4.54. The molecule has 0 unspecified atom stereocenters. The van der Waals surface area contributed by atoms with Gasteiger partial charge in [-0.1, -0.05) is 48.2 Å². The zero-order chi connectivity index (χ0) is 23.9. The van der Waals surface area contributed by atoms with Gasteiger partial charge in [0.25, 0.3) is 10.1 Å². The number of rotatable bonds is 6. The van der Waals surface area contributed by atoms with Gasteiger partial charge in [0, 0.05) is 41.5 Å². The first-order valence-electron chi connectivity index (χ1n) is 11.4. The monoisotopic (exact) mass is 491 g/mol. The van der Waals surface area contributed by atoms with Crippen molar-refractivity contribution >= 4 is 55.3 Å². The third-order valence-corrected chi connectivity index (χ3v) is 8.28. The van der Waals surface area contributed by atoms with E-state index >= 15 is 0 Å². The van der Waals surface area contributed by atoms with Gasteiger partial charge in [-0.2, -0.15) is 13.0 Å². The van der Waals surface area contributed by atoms with E-state index in [0.717, 1.165) is 28.2 Å². The van der Waals surface area contributed by atoms with Gasteiger partial charge in [-0.05, 0) is 48.4 Å². The normalized spacial score (nSPS) is 14.9. The molecule has 7 heteroatoms. The van der Waals surface area contributed by atoms with Gasteiger partial charge < -0.3 is 4.90 Å². The minimum absolute atomic E-state index is 0.258. The predicted molar refractivity (Wildman–Crippen MR) is 141 cm³/mol. The van der Waals surface area contributed by atoms with Crippen molar-refractivity contribution < 1.29 is 17.5 Å². The van der Waals surface area contributed by atoms with Gasteiger partial charge in [0.2, 0.25) is 11.2 Å². The van der Waals surface area contributed by atoms with Crippen molar-refractivity contribution in [1.29, 1.82) is 0 Å². The SMILES string of the molecule is CCN1/C(=C\c2ccc3ccccc3[n+]2CCCS(=O)(=O)O)Sc2c1cc(C)c1ccccc21. The van der Waals surface area contributed by atoms with Crippen LogP contribution in [0.5, 0.6) is 0 Å². The maximum atomic E-state index is 11.3. The molecule has 2 heterocycles. The van der Waals surface area contributed by atoms with E-state index in [-0.39, 0.29) is 5.75 Å². The Morgan fingerprint density at radius 3 is 2.53 bits per heavy atom. The molecule has 0 amide bonds. The van der Waals surface area contributed by atoms with E-state index < -0.39 is 10.1 Å². The Labute approximate surface area is 204 Å². The van der Waals surface area contributed by atoms with Crippen LogP contribution in [0, 0.1) is 6.92 Å². The van der Waals surface area contributed by atoms with Crippen LogP contribution in [-0.2, 0) is 16.7 Å². The van der Waals surface area contributed by atoms with Crippen LogP contribution in [0.2, 0.25) is 0 Å². The van der Waals surface area contributed by atoms with Crippen LogP contribution in [-0.4, -0.2) is 25.3 Å². The largest absolute Gasteiger partial charge is 0.335 e. The molecule has 5 rings (SSSR count). The number of hydrogen-bond donors (Lipinski definition) is 1. The average Bonchev–Trinajstić information content (AvgIpc) is 3.16. The maximum absolute atomic E-state index is 11.3. The van der Waals surface area contributed by atoms with E-state index in [1.807, 2.05) is 12.1 Å². The van der Waals surface area contributed by atoms with Crippen molar-refractivity contribution in [3.63, 3.8) is 0 Å². The molecule has 5 nitrogen and oxygen atoms in total. The van der Waals surface area contributed by atoms with E-state index in [1.54, 1.807) is 11.8 Å². The number of para-hydroxylation sites is 1. The second kappa shape index (κ2) is 9.06. The molecule has 0 bridgehead atoms. The van der Waals surface area contributed by atoms with Crippen molar-refractivity contribution in [2.45, 2.75) is 31.7 Å². The molecule has 0 spiro atoms. The van der Waals surface area contributed by atoms with Crippen LogP contribution in [0.4, 0.5) is 5.69 Å². The molecule has 1 N–H and O–H groups in total. The Hall–Kier alpha value is -2.87. The smallest absolute Gasteiger partial charge is 0.265 e. The first kappa shape index (κ1) is 22.9. The number of anilines is 1. The Kier molecular flexibility index (Phi) is 6.10. The number of hydrogen-bond acceptors (Lipinski definition) is 4. The quantitative estimate of drug-likeness (QED) is 0.273. The van der Waals surface area contributed by atoms with Crippen molar-refractivity contribution in [1.82, 2.24) is 0 Å². The molecule has 4 aromatic rings. The van der Waals surface area contributed by atoms with Crippen LogP contribution in [0.25, 0.3) is 27.8 Å². The van der Waals surface area contributed by atoms with Crippen LogP contribution >= 0.6 is 11.8 Å². The highest BCUT2D eigenvalue weighted by atomic mass is 32.2. The van der Waals surface area contributed by atoms with E-state index in [0.29, 0.717) is 13.0 Å². The molecule has 0 saturated heterocycles. The molecule has 0 fully saturated rings. The molecule has 1 aromatic heterocycles. The summed E-state index contributed by atoms with van der Waals surface area (Å²) < 4.78 is 34.0. The zero-order valence-electron chi connectivity index (χ0n) is 19.2. The first-order chi connectivity index (χ1) is 16.4. The van der Waals surface area contributed by atoms with Crippen molar-refractivity contribution in [3.05, 3.63) is 83.0 Å². The Bertz CT molecular complexity index is 1540. The molecule has 34 heavy (non-hydrogen) atoms. The average molecular weight is 492 g/mol. The first-order valence-corrected chi connectivity index (χ1v) is 13.8. The summed E-state index contributed by atoms with van der Waals surface area (Å²) >= 11 is 1.78. The Morgan fingerprint density at radius 1 is 1.03 bits per heavy atom. The fraction of sp³-hybridized carbons (Fsp3) is 0.222. The lowest BCUT2D eigenvalue weighted by molar-refractivity contribution is -0.673. The van der Waals surface area contributed by atoms with Gasteiger partial charge in [-0.15, -0.1) is 0 Å². The summed E-state index contributed by atoms with van der Waals surface area (Å²) in [7, 11) is -4.00. The Morgan fingerprint density at radius 2 is 1.76 bits per heavy atom. The van der Waals surface area contributed by atoms with Gasteiger partial charge >= 0.3 is 0 Å². The molecule has 1 aliphatic heterocycles. The molecule has 0 aliphatic carbocycles. The third kappa shape index (κ3) is 4.31. The molecule has 0 atom stereocenters. The molecule has 3 aromatic carbocycles. The molecular formula is C27H27N2O3S2+. The Balaban J connectivity index is 1.61. The lowest BCUT2D eigenvalue weighted by Gasteiger charge is -2.19. The van der Waals surface area contributed by atoms with Gasteiger partial charge in [0.15, 0.2) is 6.54 Å². The van der Waals surface area contributed by atoms with Gasteiger partial charge in [0.1, 0.15) is 0 Å². The highest BCUT2D eigenvalue weighted by molar-refractivity contribution is 8.04. The van der Waals surface area contributed by atoms with Crippen LogP contribution in [0.15, 0.2) is 76.7 Å². The number of pyridine rings is 1. The minimum atomic E-state index is -4.00. The van der Waals surface area contributed by atoms with Crippen molar-refractivity contribution in [2.75, 3.05) is 17.2 Å². The highest BCUT2D eigenvalue weighted by Gasteiger charge is 2.28. The standard InChI is InChI=1S/C27H26N2O3S2/c1-3-28-25-17-19(2)22-10-5-6-11-23(22)27(25)33-26(28)18-21-14-13-20-9-4-7-12-24(20)29(21)15-8-16-34(30,31)32/h4-7,9-14,17-18H,3,8,15-16H2,1-2H3/p+1. The molecule has 174 valence electrons. The second-order valence-electron chi connectivity index (χ2n) is 8.52. The number of benzene rings is 3. The second-order valence-corrected chi connectivity index (χ2v) is 11.1. The summed E-state index contributed by atoms with van der Waals surface area (Å²) in [6.45, 7) is 5.66. The van der Waals surface area contributed by atoms with E-state index in [1.165, 1.54) is 26.9 Å². The summed E-state index contributed by atoms with van der Waals surface area (Å²) in [4.78, 5) is 3.62. The molecule has 0 saturated carbocycles. The zero-order valence-corrected chi connectivity index (χ0v) is 20.9. The minimum Gasteiger partial charge on any atom is -0.335 e. The van der Waals surface area contributed by atoms with Crippen molar-refractivity contribution in [2.24, 2.45) is 0 Å². The summed E-state index contributed by atoms with van der Waals surface area (Å²) in [6.07, 6.45) is 2.53. The lowest BCUT2D eigenvalue weighted by Crippen LogP contribution is -2.39. The maximum Gasteiger partial charge on any atom is 0.265 e. The molecule has 0 radical (unpaired) electrons. The summed E-state index contributed by atoms with van der Waals surface area (Å²) in [5.74, 6) is -0.258. The van der Waals surface area contributed by atoms with Crippen molar-refractivity contribution in [3.8, 4) is 0 Å². The number of thioether (sulfide) groups is 1. The van der Waals surface area contributed by atoms with Gasteiger partial charge in [-0.25, -0.2) is 0 Å². The van der Waals surface area contributed by atoms with Gasteiger partial charge in [-0.3, -0.25) is 4.55 Å². The van der Waals surface area contributed by atoms with E-state index in [9.17, 15) is 13.0 Å². The molecular weight excluding hydrogens is 464 g/mol. The van der Waals surface area contributed by atoms with Crippen LogP contribution < -0.4 is 9.47 Å². The number of aryl methyl sites for hydroxylation is 2. The fourth-order valence-corrected chi connectivity index (χ4v) is 6.50. The topological polar surface area (TPSA) is 61.5 Å². The number of aromatic nitrogens is 1. The van der Waals surface area contributed by atoms with Gasteiger partial charge in [0.05, 0.1) is 16.5 Å². The predicted octanol–water partition coefficient (Wildman–Crippen LogP) is 5.80. The highest BCUT2D eigenvalue weighted by Crippen LogP contribution is 2.50. The van der Waals surface area contributed by atoms with E-state index in [2.05, 4.69) is 84.0 Å². The molecule has 1 aliphatic rings. The number of nitrogens with zero attached hydrogens (tertiary/aromatic N) is 2. The lowest BCUT2D eigenvalue weighted by atomic mass is 10.0. The fourth-order valence-electron chi connectivity index (χ4n) is 4.72. The van der Waals surface area contributed by atoms with E-state index in [4.69, 9.17) is 0 Å². The summed E-state index contributed by atoms with van der Waals surface area (Å²) in [6, 6.07) is 23.1. The third-order valence-electron chi connectivity index (χ3n) is 6.29.